The minimum atomic E-state index is 0.505. The zero-order valence-corrected chi connectivity index (χ0v) is 13.7. The Labute approximate surface area is 129 Å². The van der Waals surface area contributed by atoms with Gasteiger partial charge in [-0.1, -0.05) is 50.3 Å². The van der Waals surface area contributed by atoms with Crippen LogP contribution in [0.3, 0.4) is 0 Å². The Balaban J connectivity index is 2.20. The van der Waals surface area contributed by atoms with Crippen molar-refractivity contribution in [3.8, 4) is 0 Å². The molecular formula is C18H28ClN. The topological polar surface area (TPSA) is 12.0 Å². The van der Waals surface area contributed by atoms with Crippen molar-refractivity contribution in [3.63, 3.8) is 0 Å². The van der Waals surface area contributed by atoms with Crippen LogP contribution >= 0.6 is 11.6 Å². The summed E-state index contributed by atoms with van der Waals surface area (Å²) in [4.78, 5) is 0. The van der Waals surface area contributed by atoms with E-state index in [4.69, 9.17) is 11.6 Å². The van der Waals surface area contributed by atoms with Gasteiger partial charge in [0.15, 0.2) is 0 Å². The number of nitrogens with one attached hydrogen (secondary N) is 1. The molecule has 0 saturated heterocycles. The van der Waals surface area contributed by atoms with Crippen molar-refractivity contribution in [3.05, 3.63) is 34.3 Å². The van der Waals surface area contributed by atoms with E-state index in [-0.39, 0.29) is 0 Å². The van der Waals surface area contributed by atoms with Crippen LogP contribution in [0.1, 0.15) is 69.0 Å². The molecule has 0 heterocycles. The molecule has 1 atom stereocenters. The number of benzene rings is 1. The van der Waals surface area contributed by atoms with E-state index < -0.39 is 0 Å². The van der Waals surface area contributed by atoms with Crippen LogP contribution in [0.25, 0.3) is 0 Å². The lowest BCUT2D eigenvalue weighted by Crippen LogP contribution is -2.29. The van der Waals surface area contributed by atoms with Gasteiger partial charge in [-0.15, -0.1) is 0 Å². The van der Waals surface area contributed by atoms with E-state index in [1.165, 1.54) is 56.1 Å². The molecule has 1 aliphatic rings. The number of aryl methyl sites for hydroxylation is 1. The molecule has 2 heteroatoms. The Morgan fingerprint density at radius 2 is 1.90 bits per heavy atom. The maximum Gasteiger partial charge on any atom is 0.0408 e. The molecule has 1 nitrogen and oxygen atoms in total. The van der Waals surface area contributed by atoms with Gasteiger partial charge < -0.3 is 5.32 Å². The SMILES string of the molecule is CCCNC(c1ccc(Cl)cc1C)C1CCCCCC1. The molecular weight excluding hydrogens is 266 g/mol. The summed E-state index contributed by atoms with van der Waals surface area (Å²) in [7, 11) is 0. The summed E-state index contributed by atoms with van der Waals surface area (Å²) in [6.07, 6.45) is 9.53. The molecule has 1 aromatic rings. The minimum Gasteiger partial charge on any atom is -0.310 e. The van der Waals surface area contributed by atoms with Crippen LogP contribution in [-0.2, 0) is 0 Å². The van der Waals surface area contributed by atoms with Gasteiger partial charge in [0, 0.05) is 11.1 Å². The van der Waals surface area contributed by atoms with Gasteiger partial charge in [0.05, 0.1) is 0 Å². The standard InChI is InChI=1S/C18H28ClN/c1-3-12-20-18(15-8-6-4-5-7-9-15)17-11-10-16(19)13-14(17)2/h10-11,13,15,18,20H,3-9,12H2,1-2H3. The van der Waals surface area contributed by atoms with Crippen molar-refractivity contribution < 1.29 is 0 Å². The third-order valence-electron chi connectivity index (χ3n) is 4.55. The summed E-state index contributed by atoms with van der Waals surface area (Å²) >= 11 is 6.12. The Kier molecular flexibility index (Phi) is 6.38. The number of hydrogen-bond donors (Lipinski definition) is 1. The Morgan fingerprint density at radius 1 is 1.20 bits per heavy atom. The van der Waals surface area contributed by atoms with Gasteiger partial charge >= 0.3 is 0 Å². The number of halogens is 1. The maximum atomic E-state index is 6.12. The van der Waals surface area contributed by atoms with Gasteiger partial charge in [-0.3, -0.25) is 0 Å². The minimum absolute atomic E-state index is 0.505. The van der Waals surface area contributed by atoms with Crippen molar-refractivity contribution in [2.45, 2.75) is 64.8 Å². The van der Waals surface area contributed by atoms with Gasteiger partial charge in [0.25, 0.3) is 0 Å². The fourth-order valence-electron chi connectivity index (χ4n) is 3.46. The molecule has 1 unspecified atom stereocenters. The van der Waals surface area contributed by atoms with E-state index in [1.54, 1.807) is 0 Å². The molecule has 1 aliphatic carbocycles. The normalized spacial score (nSPS) is 18.8. The predicted molar refractivity (Wildman–Crippen MR) is 88.4 cm³/mol. The molecule has 0 amide bonds. The quantitative estimate of drug-likeness (QED) is 0.691. The van der Waals surface area contributed by atoms with E-state index in [0.717, 1.165) is 17.5 Å². The van der Waals surface area contributed by atoms with Gasteiger partial charge in [-0.2, -0.15) is 0 Å². The molecule has 112 valence electrons. The van der Waals surface area contributed by atoms with Crippen molar-refractivity contribution in [1.82, 2.24) is 5.32 Å². The summed E-state index contributed by atoms with van der Waals surface area (Å²) in [6, 6.07) is 6.89. The highest BCUT2D eigenvalue weighted by Gasteiger charge is 2.24. The lowest BCUT2D eigenvalue weighted by Gasteiger charge is -2.29. The molecule has 0 bridgehead atoms. The van der Waals surface area contributed by atoms with Crippen LogP contribution in [-0.4, -0.2) is 6.54 Å². The second-order valence-corrected chi connectivity index (χ2v) is 6.62. The van der Waals surface area contributed by atoms with E-state index in [0.29, 0.717) is 6.04 Å². The summed E-state index contributed by atoms with van der Waals surface area (Å²) in [6.45, 7) is 5.54. The largest absolute Gasteiger partial charge is 0.310 e. The first kappa shape index (κ1) is 15.9. The Hall–Kier alpha value is -0.530. The zero-order valence-electron chi connectivity index (χ0n) is 12.9. The van der Waals surface area contributed by atoms with Crippen LogP contribution in [0.2, 0.25) is 5.02 Å². The number of hydrogen-bond acceptors (Lipinski definition) is 1. The van der Waals surface area contributed by atoms with Gasteiger partial charge in [-0.05, 0) is 61.9 Å². The molecule has 0 spiro atoms. The van der Waals surface area contributed by atoms with Crippen molar-refractivity contribution >= 4 is 11.6 Å². The van der Waals surface area contributed by atoms with Crippen LogP contribution in [0, 0.1) is 12.8 Å². The summed E-state index contributed by atoms with van der Waals surface area (Å²) in [5.74, 6) is 0.781. The molecule has 2 rings (SSSR count). The van der Waals surface area contributed by atoms with Crippen molar-refractivity contribution in [2.24, 2.45) is 5.92 Å². The zero-order chi connectivity index (χ0) is 14.4. The molecule has 0 aromatic heterocycles. The molecule has 0 aliphatic heterocycles. The average Bonchev–Trinajstić information content (AvgIpc) is 2.70. The van der Waals surface area contributed by atoms with Crippen LogP contribution < -0.4 is 5.32 Å². The van der Waals surface area contributed by atoms with Gasteiger partial charge in [-0.25, -0.2) is 0 Å². The first-order valence-electron chi connectivity index (χ1n) is 8.21. The molecule has 20 heavy (non-hydrogen) atoms. The molecule has 1 aromatic carbocycles. The summed E-state index contributed by atoms with van der Waals surface area (Å²) in [5.41, 5.74) is 2.78. The average molecular weight is 294 g/mol. The highest BCUT2D eigenvalue weighted by molar-refractivity contribution is 6.30. The van der Waals surface area contributed by atoms with Gasteiger partial charge in [0.2, 0.25) is 0 Å². The first-order chi connectivity index (χ1) is 9.72. The molecule has 0 radical (unpaired) electrons. The Bertz CT molecular complexity index is 408. The number of rotatable bonds is 5. The molecule has 1 N–H and O–H groups in total. The van der Waals surface area contributed by atoms with Crippen molar-refractivity contribution in [1.29, 1.82) is 0 Å². The van der Waals surface area contributed by atoms with Gasteiger partial charge in [0.1, 0.15) is 0 Å². The van der Waals surface area contributed by atoms with Crippen molar-refractivity contribution in [2.75, 3.05) is 6.54 Å². The molecule has 1 fully saturated rings. The van der Waals surface area contributed by atoms with E-state index >= 15 is 0 Å². The van der Waals surface area contributed by atoms with Crippen LogP contribution in [0.15, 0.2) is 18.2 Å². The maximum absolute atomic E-state index is 6.12. The first-order valence-corrected chi connectivity index (χ1v) is 8.59. The van der Waals surface area contributed by atoms with E-state index in [9.17, 15) is 0 Å². The third-order valence-corrected chi connectivity index (χ3v) is 4.79. The summed E-state index contributed by atoms with van der Waals surface area (Å²) in [5, 5.41) is 4.65. The highest BCUT2D eigenvalue weighted by atomic mass is 35.5. The van der Waals surface area contributed by atoms with E-state index in [1.807, 2.05) is 6.07 Å². The Morgan fingerprint density at radius 3 is 2.50 bits per heavy atom. The second kappa shape index (κ2) is 8.05. The van der Waals surface area contributed by atoms with Crippen LogP contribution in [0.5, 0.6) is 0 Å². The lowest BCUT2D eigenvalue weighted by molar-refractivity contribution is 0.325. The predicted octanol–water partition coefficient (Wildman–Crippen LogP) is 5.66. The highest BCUT2D eigenvalue weighted by Crippen LogP contribution is 2.35. The summed E-state index contributed by atoms with van der Waals surface area (Å²) < 4.78 is 0. The smallest absolute Gasteiger partial charge is 0.0408 e. The van der Waals surface area contributed by atoms with E-state index in [2.05, 4.69) is 31.3 Å². The fourth-order valence-corrected chi connectivity index (χ4v) is 3.69. The fraction of sp³-hybridized carbons (Fsp3) is 0.667. The van der Waals surface area contributed by atoms with Crippen LogP contribution in [0.4, 0.5) is 0 Å². The molecule has 1 saturated carbocycles. The monoisotopic (exact) mass is 293 g/mol. The third kappa shape index (κ3) is 4.23. The lowest BCUT2D eigenvalue weighted by atomic mass is 9.85. The second-order valence-electron chi connectivity index (χ2n) is 6.18.